The Morgan fingerprint density at radius 3 is 2.35 bits per heavy atom. The third-order valence-electron chi connectivity index (χ3n) is 2.99. The number of hydrogen-bond donors (Lipinski definition) is 1. The molecule has 0 spiro atoms. The lowest BCUT2D eigenvalue weighted by atomic mass is 10.1. The second kappa shape index (κ2) is 6.15. The molecule has 1 N–H and O–H groups in total. The topological polar surface area (TPSA) is 32.3 Å². The van der Waals surface area contributed by atoms with Gasteiger partial charge >= 0.3 is 0 Å². The zero-order chi connectivity index (χ0) is 13.0. The highest BCUT2D eigenvalue weighted by Crippen LogP contribution is 2.27. The van der Waals surface area contributed by atoms with E-state index in [1.165, 1.54) is 0 Å². The Hall–Kier alpha value is -0.900. The Kier molecular flexibility index (Phi) is 5.12. The number of nitrogens with one attached hydrogen (secondary N) is 1. The summed E-state index contributed by atoms with van der Waals surface area (Å²) in [5.74, 6) is 0.641. The van der Waals surface area contributed by atoms with Gasteiger partial charge in [-0.15, -0.1) is 0 Å². The third-order valence-corrected chi connectivity index (χ3v) is 3.37. The van der Waals surface area contributed by atoms with Crippen molar-refractivity contribution in [2.75, 3.05) is 29.9 Å². The number of anilines is 2. The average Bonchev–Trinajstić information content (AvgIpc) is 2.31. The van der Waals surface area contributed by atoms with Crippen LogP contribution in [0.5, 0.6) is 0 Å². The molecule has 0 saturated carbocycles. The maximum atomic E-state index is 11.7. The van der Waals surface area contributed by atoms with Gasteiger partial charge in [0, 0.05) is 19.6 Å². The normalized spacial score (nSPS) is 11.1. The standard InChI is InChI=1S/C13H22N2OS/c1-5-15(6-2)11-10(12(16)13(11)17)14-8-7-9(3)4/h9,14H,5-8H2,1-4H3. The van der Waals surface area contributed by atoms with Crippen LogP contribution in [0.4, 0.5) is 11.4 Å². The van der Waals surface area contributed by atoms with Crippen LogP contribution < -0.4 is 15.6 Å². The van der Waals surface area contributed by atoms with Gasteiger partial charge in [-0.05, 0) is 26.2 Å². The van der Waals surface area contributed by atoms with Gasteiger partial charge in [0.1, 0.15) is 10.2 Å². The molecule has 1 rings (SSSR count). The molecule has 0 unspecified atom stereocenters. The first-order chi connectivity index (χ1) is 8.02. The largest absolute Gasteiger partial charge is 0.380 e. The van der Waals surface area contributed by atoms with Gasteiger partial charge in [0.15, 0.2) is 0 Å². The number of rotatable bonds is 7. The summed E-state index contributed by atoms with van der Waals surface area (Å²) >= 11 is 5.13. The van der Waals surface area contributed by atoms with Gasteiger partial charge in [-0.1, -0.05) is 26.1 Å². The van der Waals surface area contributed by atoms with Crippen molar-refractivity contribution in [1.29, 1.82) is 0 Å². The van der Waals surface area contributed by atoms with Gasteiger partial charge in [-0.25, -0.2) is 0 Å². The van der Waals surface area contributed by atoms with E-state index in [0.29, 0.717) is 10.4 Å². The van der Waals surface area contributed by atoms with Crippen LogP contribution >= 0.6 is 12.2 Å². The van der Waals surface area contributed by atoms with E-state index in [4.69, 9.17) is 12.2 Å². The van der Waals surface area contributed by atoms with Crippen molar-refractivity contribution in [3.05, 3.63) is 14.7 Å². The summed E-state index contributed by atoms with van der Waals surface area (Å²) in [5, 5.41) is 3.23. The Balaban J connectivity index is 2.76. The lowest BCUT2D eigenvalue weighted by molar-refractivity contribution is 0.607. The van der Waals surface area contributed by atoms with E-state index < -0.39 is 0 Å². The van der Waals surface area contributed by atoms with Crippen molar-refractivity contribution >= 4 is 23.6 Å². The molecule has 0 saturated heterocycles. The predicted molar refractivity (Wildman–Crippen MR) is 77.4 cm³/mol. The Morgan fingerprint density at radius 1 is 1.29 bits per heavy atom. The smallest absolute Gasteiger partial charge is 0.223 e. The summed E-state index contributed by atoms with van der Waals surface area (Å²) in [5.41, 5.74) is 1.67. The fourth-order valence-electron chi connectivity index (χ4n) is 1.87. The molecule has 96 valence electrons. The van der Waals surface area contributed by atoms with E-state index in [0.717, 1.165) is 37.4 Å². The molecule has 17 heavy (non-hydrogen) atoms. The Morgan fingerprint density at radius 2 is 1.88 bits per heavy atom. The van der Waals surface area contributed by atoms with Crippen molar-refractivity contribution in [3.8, 4) is 0 Å². The minimum absolute atomic E-state index is 0.00524. The summed E-state index contributed by atoms with van der Waals surface area (Å²) < 4.78 is 0.487. The van der Waals surface area contributed by atoms with Crippen molar-refractivity contribution in [2.24, 2.45) is 5.92 Å². The SMILES string of the molecule is CCN(CC)c1c(NCCC(C)C)c(=O)c1=S. The quantitative estimate of drug-likeness (QED) is 0.758. The van der Waals surface area contributed by atoms with Crippen LogP contribution in [0, 0.1) is 10.4 Å². The van der Waals surface area contributed by atoms with E-state index in [-0.39, 0.29) is 5.43 Å². The molecular weight excluding hydrogens is 232 g/mol. The molecule has 0 aliphatic heterocycles. The van der Waals surface area contributed by atoms with Gasteiger partial charge in [0.05, 0.1) is 5.69 Å². The van der Waals surface area contributed by atoms with E-state index in [9.17, 15) is 4.79 Å². The van der Waals surface area contributed by atoms with Gasteiger partial charge in [-0.2, -0.15) is 0 Å². The van der Waals surface area contributed by atoms with Gasteiger partial charge in [0.2, 0.25) is 5.43 Å². The number of hydrogen-bond acceptors (Lipinski definition) is 4. The third kappa shape index (κ3) is 3.06. The van der Waals surface area contributed by atoms with Crippen molar-refractivity contribution in [2.45, 2.75) is 34.1 Å². The summed E-state index contributed by atoms with van der Waals surface area (Å²) in [6, 6.07) is 0. The summed E-state index contributed by atoms with van der Waals surface area (Å²) in [4.78, 5) is 13.8. The minimum Gasteiger partial charge on any atom is -0.380 e. The monoisotopic (exact) mass is 254 g/mol. The molecule has 0 bridgehead atoms. The van der Waals surface area contributed by atoms with Crippen LogP contribution in [0.1, 0.15) is 34.1 Å². The highest BCUT2D eigenvalue weighted by atomic mass is 32.1. The first-order valence-corrected chi connectivity index (χ1v) is 6.75. The first-order valence-electron chi connectivity index (χ1n) is 6.35. The maximum absolute atomic E-state index is 11.7. The van der Waals surface area contributed by atoms with Gasteiger partial charge < -0.3 is 10.2 Å². The van der Waals surface area contributed by atoms with E-state index in [1.54, 1.807) is 0 Å². The lowest BCUT2D eigenvalue weighted by Crippen LogP contribution is -2.31. The fourth-order valence-corrected chi connectivity index (χ4v) is 2.20. The summed E-state index contributed by atoms with van der Waals surface area (Å²) in [6.07, 6.45) is 1.06. The van der Waals surface area contributed by atoms with E-state index in [2.05, 4.69) is 37.9 Å². The molecule has 1 aromatic rings. The van der Waals surface area contributed by atoms with E-state index in [1.807, 2.05) is 0 Å². The van der Waals surface area contributed by atoms with Gasteiger partial charge in [0.25, 0.3) is 0 Å². The molecule has 0 radical (unpaired) electrons. The molecule has 0 aliphatic carbocycles. The molecule has 0 fully saturated rings. The van der Waals surface area contributed by atoms with Crippen LogP contribution in [-0.4, -0.2) is 19.6 Å². The van der Waals surface area contributed by atoms with Crippen molar-refractivity contribution in [3.63, 3.8) is 0 Å². The molecule has 0 atom stereocenters. The average molecular weight is 254 g/mol. The van der Waals surface area contributed by atoms with Crippen LogP contribution in [-0.2, 0) is 0 Å². The fraction of sp³-hybridized carbons (Fsp3) is 0.692. The summed E-state index contributed by atoms with van der Waals surface area (Å²) in [6.45, 7) is 11.1. The van der Waals surface area contributed by atoms with Crippen LogP contribution in [0.25, 0.3) is 0 Å². The molecule has 3 nitrogen and oxygen atoms in total. The van der Waals surface area contributed by atoms with Crippen molar-refractivity contribution in [1.82, 2.24) is 0 Å². The van der Waals surface area contributed by atoms with Crippen molar-refractivity contribution < 1.29 is 0 Å². The molecule has 0 aliphatic rings. The zero-order valence-corrected chi connectivity index (χ0v) is 12.0. The second-order valence-corrected chi connectivity index (χ2v) is 5.07. The first kappa shape index (κ1) is 14.2. The van der Waals surface area contributed by atoms with E-state index >= 15 is 0 Å². The Bertz CT molecular complexity index is 429. The summed E-state index contributed by atoms with van der Waals surface area (Å²) in [7, 11) is 0. The molecule has 0 amide bonds. The zero-order valence-electron chi connectivity index (χ0n) is 11.2. The molecule has 0 aromatic heterocycles. The number of nitrogens with zero attached hydrogens (tertiary/aromatic N) is 1. The maximum Gasteiger partial charge on any atom is 0.223 e. The minimum atomic E-state index is 0.00524. The second-order valence-electron chi connectivity index (χ2n) is 4.66. The highest BCUT2D eigenvalue weighted by molar-refractivity contribution is 7.71. The van der Waals surface area contributed by atoms with Crippen LogP contribution in [0.15, 0.2) is 4.79 Å². The lowest BCUT2D eigenvalue weighted by Gasteiger charge is -2.26. The van der Waals surface area contributed by atoms with Crippen LogP contribution in [0.3, 0.4) is 0 Å². The Labute approximate surface area is 109 Å². The highest BCUT2D eigenvalue weighted by Gasteiger charge is 2.21. The molecule has 1 aromatic carbocycles. The predicted octanol–water partition coefficient (Wildman–Crippen LogP) is 2.96. The van der Waals surface area contributed by atoms with Gasteiger partial charge in [-0.3, -0.25) is 4.79 Å². The molecular formula is C13H22N2OS. The molecule has 4 heteroatoms. The van der Waals surface area contributed by atoms with Crippen LogP contribution in [0.2, 0.25) is 0 Å². The molecule has 0 heterocycles.